The SMILES string of the molecule is Cc1ccc(OCCN(C)c2ccc(C(=O)N3CCOCC3)cc2[N+](=O)[O-])cc1. The smallest absolute Gasteiger partial charge is 0.293 e. The van der Waals surface area contributed by atoms with Gasteiger partial charge in [0.2, 0.25) is 0 Å². The zero-order valence-electron chi connectivity index (χ0n) is 16.7. The number of hydrogen-bond donors (Lipinski definition) is 0. The van der Waals surface area contributed by atoms with Gasteiger partial charge in [-0.15, -0.1) is 0 Å². The molecule has 0 atom stereocenters. The Labute approximate surface area is 169 Å². The van der Waals surface area contributed by atoms with Crippen molar-refractivity contribution in [2.24, 2.45) is 0 Å². The van der Waals surface area contributed by atoms with Crippen LogP contribution in [0.3, 0.4) is 0 Å². The van der Waals surface area contributed by atoms with Crippen LogP contribution >= 0.6 is 0 Å². The number of rotatable bonds is 7. The third-order valence-electron chi connectivity index (χ3n) is 4.85. The normalized spacial score (nSPS) is 13.8. The van der Waals surface area contributed by atoms with Gasteiger partial charge >= 0.3 is 0 Å². The minimum absolute atomic E-state index is 0.0954. The molecule has 29 heavy (non-hydrogen) atoms. The summed E-state index contributed by atoms with van der Waals surface area (Å²) in [6, 6.07) is 12.3. The Hall–Kier alpha value is -3.13. The van der Waals surface area contributed by atoms with Crippen molar-refractivity contribution >= 4 is 17.3 Å². The molecule has 2 aromatic carbocycles. The molecule has 0 saturated carbocycles. The Morgan fingerprint density at radius 2 is 1.90 bits per heavy atom. The highest BCUT2D eigenvalue weighted by Crippen LogP contribution is 2.29. The van der Waals surface area contributed by atoms with Crippen molar-refractivity contribution in [3.8, 4) is 5.75 Å². The molecule has 1 aliphatic rings. The van der Waals surface area contributed by atoms with Crippen LogP contribution in [-0.2, 0) is 4.74 Å². The van der Waals surface area contributed by atoms with Crippen molar-refractivity contribution in [1.29, 1.82) is 0 Å². The van der Waals surface area contributed by atoms with Gasteiger partial charge in [-0.3, -0.25) is 14.9 Å². The predicted octanol–water partition coefficient (Wildman–Crippen LogP) is 2.89. The molecule has 0 unspecified atom stereocenters. The molecule has 0 radical (unpaired) electrons. The molecule has 0 spiro atoms. The first-order valence-electron chi connectivity index (χ1n) is 9.52. The van der Waals surface area contributed by atoms with Crippen molar-refractivity contribution in [2.45, 2.75) is 6.92 Å². The summed E-state index contributed by atoms with van der Waals surface area (Å²) in [5, 5.41) is 11.6. The molecule has 0 bridgehead atoms. The highest BCUT2D eigenvalue weighted by molar-refractivity contribution is 5.95. The zero-order valence-corrected chi connectivity index (χ0v) is 16.7. The van der Waals surface area contributed by atoms with Gasteiger partial charge in [0.05, 0.1) is 24.7 Å². The summed E-state index contributed by atoms with van der Waals surface area (Å²) >= 11 is 0. The molecule has 0 aromatic heterocycles. The Bertz CT molecular complexity index is 863. The number of carbonyl (C=O) groups excluding carboxylic acids is 1. The number of benzene rings is 2. The van der Waals surface area contributed by atoms with E-state index in [4.69, 9.17) is 9.47 Å². The van der Waals surface area contributed by atoms with Gasteiger partial charge in [-0.05, 0) is 31.2 Å². The lowest BCUT2D eigenvalue weighted by atomic mass is 10.1. The average Bonchev–Trinajstić information content (AvgIpc) is 2.74. The lowest BCUT2D eigenvalue weighted by Crippen LogP contribution is -2.40. The van der Waals surface area contributed by atoms with Crippen molar-refractivity contribution in [3.05, 3.63) is 63.7 Å². The number of ether oxygens (including phenoxy) is 2. The monoisotopic (exact) mass is 399 g/mol. The maximum absolute atomic E-state index is 12.6. The molecule has 154 valence electrons. The summed E-state index contributed by atoms with van der Waals surface area (Å²) in [7, 11) is 1.77. The second kappa shape index (κ2) is 9.38. The van der Waals surface area contributed by atoms with Gasteiger partial charge in [0.25, 0.3) is 11.6 Å². The summed E-state index contributed by atoms with van der Waals surface area (Å²) < 4.78 is 11.0. The van der Waals surface area contributed by atoms with Crippen molar-refractivity contribution in [2.75, 3.05) is 51.4 Å². The minimum Gasteiger partial charge on any atom is -0.492 e. The first-order valence-corrected chi connectivity index (χ1v) is 9.52. The number of nitro groups is 1. The number of hydrogen-bond acceptors (Lipinski definition) is 6. The van der Waals surface area contributed by atoms with Gasteiger partial charge in [0.1, 0.15) is 18.0 Å². The van der Waals surface area contributed by atoms with E-state index in [1.165, 1.54) is 6.07 Å². The van der Waals surface area contributed by atoms with E-state index in [-0.39, 0.29) is 11.6 Å². The number of amides is 1. The number of nitro benzene ring substituents is 1. The maximum Gasteiger partial charge on any atom is 0.293 e. The van der Waals surface area contributed by atoms with Crippen molar-refractivity contribution in [1.82, 2.24) is 4.90 Å². The third-order valence-corrected chi connectivity index (χ3v) is 4.85. The van der Waals surface area contributed by atoms with Gasteiger partial charge < -0.3 is 19.3 Å². The highest BCUT2D eigenvalue weighted by Gasteiger charge is 2.24. The van der Waals surface area contributed by atoms with Crippen LogP contribution in [-0.4, -0.2) is 62.2 Å². The Balaban J connectivity index is 1.68. The molecule has 1 saturated heterocycles. The average molecular weight is 399 g/mol. The second-order valence-corrected chi connectivity index (χ2v) is 6.95. The molecule has 1 aliphatic heterocycles. The Kier molecular flexibility index (Phi) is 6.66. The van der Waals surface area contributed by atoms with E-state index in [9.17, 15) is 14.9 Å². The molecule has 1 amide bonds. The highest BCUT2D eigenvalue weighted by atomic mass is 16.6. The summed E-state index contributed by atoms with van der Waals surface area (Å²) in [4.78, 5) is 27.2. The number of likely N-dealkylation sites (N-methyl/N-ethyl adjacent to an activating group) is 1. The Morgan fingerprint density at radius 1 is 1.21 bits per heavy atom. The van der Waals surface area contributed by atoms with Gasteiger partial charge in [0, 0.05) is 31.8 Å². The van der Waals surface area contributed by atoms with E-state index < -0.39 is 4.92 Å². The lowest BCUT2D eigenvalue weighted by Gasteiger charge is -2.27. The summed E-state index contributed by atoms with van der Waals surface area (Å²) in [5.41, 5.74) is 1.81. The van der Waals surface area contributed by atoms with E-state index in [0.29, 0.717) is 50.7 Å². The number of carbonyl (C=O) groups is 1. The van der Waals surface area contributed by atoms with Crippen LogP contribution in [0.25, 0.3) is 0 Å². The largest absolute Gasteiger partial charge is 0.492 e. The molecule has 8 heteroatoms. The fourth-order valence-electron chi connectivity index (χ4n) is 3.13. The molecule has 3 rings (SSSR count). The molecule has 2 aromatic rings. The predicted molar refractivity (Wildman–Crippen MR) is 110 cm³/mol. The molecular weight excluding hydrogens is 374 g/mol. The first-order chi connectivity index (χ1) is 14.0. The second-order valence-electron chi connectivity index (χ2n) is 6.95. The fourth-order valence-corrected chi connectivity index (χ4v) is 3.13. The number of aryl methyl sites for hydroxylation is 1. The van der Waals surface area contributed by atoms with Crippen LogP contribution in [0.15, 0.2) is 42.5 Å². The third kappa shape index (κ3) is 5.23. The number of morpholine rings is 1. The van der Waals surface area contributed by atoms with Crippen molar-refractivity contribution < 1.29 is 19.2 Å². The quantitative estimate of drug-likeness (QED) is 0.526. The first kappa shape index (κ1) is 20.6. The van der Waals surface area contributed by atoms with E-state index in [1.54, 1.807) is 29.0 Å². The van der Waals surface area contributed by atoms with E-state index in [2.05, 4.69) is 0 Å². The van der Waals surface area contributed by atoms with Crippen LogP contribution in [0.4, 0.5) is 11.4 Å². The molecule has 0 N–H and O–H groups in total. The van der Waals surface area contributed by atoms with Gasteiger partial charge in [-0.1, -0.05) is 17.7 Å². The minimum atomic E-state index is -0.456. The Morgan fingerprint density at radius 3 is 2.55 bits per heavy atom. The zero-order chi connectivity index (χ0) is 20.8. The van der Waals surface area contributed by atoms with Crippen LogP contribution in [0, 0.1) is 17.0 Å². The number of anilines is 1. The summed E-state index contributed by atoms with van der Waals surface area (Å²) in [6.07, 6.45) is 0. The standard InChI is InChI=1S/C21H25N3O5/c1-16-3-6-18(7-4-16)29-14-9-22(2)19-8-5-17(15-20(19)24(26)27)21(25)23-10-12-28-13-11-23/h3-8,15H,9-14H2,1-2H3. The topological polar surface area (TPSA) is 85.2 Å². The molecule has 1 fully saturated rings. The van der Waals surface area contributed by atoms with E-state index in [1.807, 2.05) is 31.2 Å². The molecule has 0 aliphatic carbocycles. The van der Waals surface area contributed by atoms with E-state index >= 15 is 0 Å². The van der Waals surface area contributed by atoms with E-state index in [0.717, 1.165) is 11.3 Å². The fraction of sp³-hybridized carbons (Fsp3) is 0.381. The van der Waals surface area contributed by atoms with Crippen LogP contribution in [0.1, 0.15) is 15.9 Å². The molecule has 1 heterocycles. The number of nitrogens with zero attached hydrogens (tertiary/aromatic N) is 3. The maximum atomic E-state index is 12.6. The molecular formula is C21H25N3O5. The lowest BCUT2D eigenvalue weighted by molar-refractivity contribution is -0.384. The van der Waals surface area contributed by atoms with Crippen LogP contribution in [0.5, 0.6) is 5.75 Å². The van der Waals surface area contributed by atoms with Crippen LogP contribution < -0.4 is 9.64 Å². The summed E-state index contributed by atoms with van der Waals surface area (Å²) in [6.45, 7) is 4.79. The van der Waals surface area contributed by atoms with Crippen LogP contribution in [0.2, 0.25) is 0 Å². The molecule has 8 nitrogen and oxygen atoms in total. The van der Waals surface area contributed by atoms with Crippen molar-refractivity contribution in [3.63, 3.8) is 0 Å². The van der Waals surface area contributed by atoms with Gasteiger partial charge in [-0.2, -0.15) is 0 Å². The van der Waals surface area contributed by atoms with Gasteiger partial charge in [-0.25, -0.2) is 0 Å². The van der Waals surface area contributed by atoms with Gasteiger partial charge in [0.15, 0.2) is 0 Å². The summed E-state index contributed by atoms with van der Waals surface area (Å²) in [5.74, 6) is 0.540.